The summed E-state index contributed by atoms with van der Waals surface area (Å²) in [4.78, 5) is 2.34. The molecule has 0 amide bonds. The van der Waals surface area contributed by atoms with E-state index in [4.69, 9.17) is 5.73 Å². The average molecular weight is 234 g/mol. The van der Waals surface area contributed by atoms with E-state index in [-0.39, 0.29) is 0 Å². The highest BCUT2D eigenvalue weighted by atomic mass is 15.1. The molecule has 0 fully saturated rings. The van der Waals surface area contributed by atoms with Crippen molar-refractivity contribution in [3.63, 3.8) is 0 Å². The van der Waals surface area contributed by atoms with Gasteiger partial charge in [-0.3, -0.25) is 0 Å². The van der Waals surface area contributed by atoms with Crippen LogP contribution in [0.3, 0.4) is 0 Å². The molecule has 0 aliphatic carbocycles. The molecule has 2 N–H and O–H groups in total. The summed E-state index contributed by atoms with van der Waals surface area (Å²) in [6, 6.07) is 4.55. The average Bonchev–Trinajstić information content (AvgIpc) is 2.30. The van der Waals surface area contributed by atoms with E-state index in [2.05, 4.69) is 51.8 Å². The third kappa shape index (κ3) is 3.47. The largest absolute Gasteiger partial charge is 0.374 e. The third-order valence-electron chi connectivity index (χ3n) is 3.67. The fourth-order valence-electron chi connectivity index (χ4n) is 2.21. The molecule has 0 saturated carbocycles. The molecule has 0 aliphatic heterocycles. The molecule has 0 aliphatic rings. The number of nitrogens with zero attached hydrogens (tertiary/aromatic N) is 1. The smallest absolute Gasteiger partial charge is 0.0396 e. The molecule has 0 spiro atoms. The van der Waals surface area contributed by atoms with Gasteiger partial charge < -0.3 is 10.6 Å². The highest BCUT2D eigenvalue weighted by Gasteiger charge is 2.11. The first-order chi connectivity index (χ1) is 7.99. The minimum absolute atomic E-state index is 0.584. The van der Waals surface area contributed by atoms with Gasteiger partial charge in [0.05, 0.1) is 0 Å². The number of aryl methyl sites for hydroxylation is 3. The summed E-state index contributed by atoms with van der Waals surface area (Å²) in [7, 11) is 2.16. The van der Waals surface area contributed by atoms with E-state index >= 15 is 0 Å². The Labute approximate surface area is 106 Å². The minimum atomic E-state index is 0.584. The second-order valence-electron chi connectivity index (χ2n) is 5.11. The van der Waals surface area contributed by atoms with Crippen LogP contribution in [0, 0.1) is 26.7 Å². The summed E-state index contributed by atoms with van der Waals surface area (Å²) < 4.78 is 0. The van der Waals surface area contributed by atoms with Crippen LogP contribution in [0.15, 0.2) is 12.1 Å². The normalized spacial score (nSPS) is 12.6. The second-order valence-corrected chi connectivity index (χ2v) is 5.11. The van der Waals surface area contributed by atoms with Crippen LogP contribution in [-0.4, -0.2) is 20.1 Å². The molecule has 0 radical (unpaired) electrons. The molecule has 1 aromatic rings. The van der Waals surface area contributed by atoms with Crippen molar-refractivity contribution in [3.8, 4) is 0 Å². The van der Waals surface area contributed by atoms with E-state index < -0.39 is 0 Å². The minimum Gasteiger partial charge on any atom is -0.374 e. The number of rotatable bonds is 5. The van der Waals surface area contributed by atoms with Crippen molar-refractivity contribution in [2.75, 3.05) is 25.0 Å². The highest BCUT2D eigenvalue weighted by molar-refractivity contribution is 5.56. The molecule has 0 heterocycles. The number of benzene rings is 1. The summed E-state index contributed by atoms with van der Waals surface area (Å²) >= 11 is 0. The quantitative estimate of drug-likeness (QED) is 0.848. The zero-order valence-electron chi connectivity index (χ0n) is 11.9. The lowest BCUT2D eigenvalue weighted by atomic mass is 10.0. The zero-order chi connectivity index (χ0) is 13.0. The Hall–Kier alpha value is -1.02. The molecule has 1 rings (SSSR count). The van der Waals surface area contributed by atoms with Gasteiger partial charge in [0.25, 0.3) is 0 Å². The Balaban J connectivity index is 2.88. The van der Waals surface area contributed by atoms with Gasteiger partial charge in [-0.25, -0.2) is 0 Å². The second kappa shape index (κ2) is 6.06. The van der Waals surface area contributed by atoms with Gasteiger partial charge in [0.1, 0.15) is 0 Å². The predicted molar refractivity (Wildman–Crippen MR) is 76.8 cm³/mol. The zero-order valence-corrected chi connectivity index (χ0v) is 11.9. The van der Waals surface area contributed by atoms with Crippen LogP contribution in [0.5, 0.6) is 0 Å². The van der Waals surface area contributed by atoms with Gasteiger partial charge in [-0.05, 0) is 56.0 Å². The van der Waals surface area contributed by atoms with E-state index in [1.165, 1.54) is 22.4 Å². The van der Waals surface area contributed by atoms with Crippen molar-refractivity contribution in [1.82, 2.24) is 0 Å². The van der Waals surface area contributed by atoms with Crippen molar-refractivity contribution in [2.24, 2.45) is 11.7 Å². The van der Waals surface area contributed by atoms with E-state index in [1.807, 2.05) is 0 Å². The topological polar surface area (TPSA) is 29.3 Å². The van der Waals surface area contributed by atoms with Crippen LogP contribution in [0.4, 0.5) is 5.69 Å². The first kappa shape index (κ1) is 14.0. The van der Waals surface area contributed by atoms with Crippen LogP contribution in [0.1, 0.15) is 30.0 Å². The number of hydrogen-bond acceptors (Lipinski definition) is 2. The molecule has 0 saturated heterocycles. The van der Waals surface area contributed by atoms with Crippen molar-refractivity contribution in [3.05, 3.63) is 28.8 Å². The van der Waals surface area contributed by atoms with Crippen molar-refractivity contribution in [1.29, 1.82) is 0 Å². The summed E-state index contributed by atoms with van der Waals surface area (Å²) in [5.74, 6) is 0.584. The van der Waals surface area contributed by atoms with Gasteiger partial charge in [-0.2, -0.15) is 0 Å². The van der Waals surface area contributed by atoms with Crippen molar-refractivity contribution < 1.29 is 0 Å². The number of anilines is 1. The molecule has 96 valence electrons. The molecule has 2 heteroatoms. The summed E-state index contributed by atoms with van der Waals surface area (Å²) in [6.45, 7) is 10.5. The Bertz CT molecular complexity index is 367. The van der Waals surface area contributed by atoms with Crippen molar-refractivity contribution in [2.45, 2.75) is 34.1 Å². The molecule has 1 aromatic carbocycles. The Morgan fingerprint density at radius 1 is 1.12 bits per heavy atom. The molecule has 1 unspecified atom stereocenters. The molecule has 2 nitrogen and oxygen atoms in total. The van der Waals surface area contributed by atoms with Gasteiger partial charge in [0, 0.05) is 19.3 Å². The van der Waals surface area contributed by atoms with Gasteiger partial charge in [-0.15, -0.1) is 0 Å². The van der Waals surface area contributed by atoms with Crippen molar-refractivity contribution >= 4 is 5.69 Å². The van der Waals surface area contributed by atoms with E-state index in [0.29, 0.717) is 5.92 Å². The first-order valence-electron chi connectivity index (χ1n) is 6.48. The fourth-order valence-corrected chi connectivity index (χ4v) is 2.21. The Kier molecular flexibility index (Phi) is 5.01. The van der Waals surface area contributed by atoms with E-state index in [1.54, 1.807) is 0 Å². The van der Waals surface area contributed by atoms with E-state index in [0.717, 1.165) is 19.5 Å². The van der Waals surface area contributed by atoms with Crippen LogP contribution in [0.25, 0.3) is 0 Å². The lowest BCUT2D eigenvalue weighted by Gasteiger charge is -2.26. The van der Waals surface area contributed by atoms with Gasteiger partial charge in [-0.1, -0.05) is 19.4 Å². The third-order valence-corrected chi connectivity index (χ3v) is 3.67. The predicted octanol–water partition coefficient (Wildman–Crippen LogP) is 3.03. The van der Waals surface area contributed by atoms with Crippen LogP contribution in [0.2, 0.25) is 0 Å². The first-order valence-corrected chi connectivity index (χ1v) is 6.48. The number of hydrogen-bond donors (Lipinski definition) is 1. The molecule has 0 bridgehead atoms. The lowest BCUT2D eigenvalue weighted by molar-refractivity contribution is 0.520. The van der Waals surface area contributed by atoms with E-state index in [9.17, 15) is 0 Å². The van der Waals surface area contributed by atoms with Gasteiger partial charge in [0.15, 0.2) is 0 Å². The molecule has 0 aromatic heterocycles. The Morgan fingerprint density at radius 3 is 2.24 bits per heavy atom. The van der Waals surface area contributed by atoms with Crippen LogP contribution in [-0.2, 0) is 0 Å². The maximum Gasteiger partial charge on any atom is 0.0396 e. The monoisotopic (exact) mass is 234 g/mol. The summed E-state index contributed by atoms with van der Waals surface area (Å²) in [5.41, 5.74) is 11.2. The van der Waals surface area contributed by atoms with Crippen LogP contribution < -0.4 is 10.6 Å². The molecular formula is C15H26N2. The fraction of sp³-hybridized carbons (Fsp3) is 0.600. The lowest BCUT2D eigenvalue weighted by Crippen LogP contribution is -2.30. The standard InChI is InChI=1S/C15H26N2/c1-6-14(9-16)10-17(5)15-8-12(3)11(2)7-13(15)4/h7-8,14H,6,9-10,16H2,1-5H3. The van der Waals surface area contributed by atoms with Gasteiger partial charge in [0.2, 0.25) is 0 Å². The highest BCUT2D eigenvalue weighted by Crippen LogP contribution is 2.24. The number of nitrogens with two attached hydrogens (primary N) is 1. The maximum absolute atomic E-state index is 5.78. The van der Waals surface area contributed by atoms with Crippen LogP contribution >= 0.6 is 0 Å². The Morgan fingerprint density at radius 2 is 1.71 bits per heavy atom. The summed E-state index contributed by atoms with van der Waals surface area (Å²) in [6.07, 6.45) is 1.14. The summed E-state index contributed by atoms with van der Waals surface area (Å²) in [5, 5.41) is 0. The maximum atomic E-state index is 5.78. The molecule has 1 atom stereocenters. The SMILES string of the molecule is CCC(CN)CN(C)c1cc(C)c(C)cc1C. The molecule has 17 heavy (non-hydrogen) atoms. The van der Waals surface area contributed by atoms with Gasteiger partial charge >= 0.3 is 0 Å². The molecular weight excluding hydrogens is 208 g/mol.